The Hall–Kier alpha value is -0.330. The van der Waals surface area contributed by atoms with Gasteiger partial charge in [0, 0.05) is 12.6 Å². The minimum Gasteiger partial charge on any atom is -0.375 e. The first-order valence-electron chi connectivity index (χ1n) is 8.40. The van der Waals surface area contributed by atoms with Gasteiger partial charge in [0.15, 0.2) is 0 Å². The summed E-state index contributed by atoms with van der Waals surface area (Å²) in [5.74, 6) is 0.185. The van der Waals surface area contributed by atoms with Gasteiger partial charge >= 0.3 is 6.18 Å². The zero-order valence-electron chi connectivity index (χ0n) is 13.5. The standard InChI is InChI=1S/C16H28F3NO2/c1-11-7-14(8-12(2)22-11)20-9-13-5-3-4-6-15(13)21-10-16(17,18)19/h11-15,20H,3-10H2,1-2H3/t11-,12+,13-,14?,15+/m0/s1. The molecule has 1 aliphatic carbocycles. The molecule has 0 aromatic heterocycles. The first-order valence-corrected chi connectivity index (χ1v) is 8.40. The smallest absolute Gasteiger partial charge is 0.375 e. The number of ether oxygens (including phenoxy) is 2. The molecular weight excluding hydrogens is 295 g/mol. The number of alkyl halides is 3. The Morgan fingerprint density at radius 1 is 1.09 bits per heavy atom. The summed E-state index contributed by atoms with van der Waals surface area (Å²) >= 11 is 0. The van der Waals surface area contributed by atoms with Gasteiger partial charge in [-0.05, 0) is 45.4 Å². The van der Waals surface area contributed by atoms with Crippen LogP contribution < -0.4 is 5.32 Å². The van der Waals surface area contributed by atoms with Crippen LogP contribution in [0.3, 0.4) is 0 Å². The summed E-state index contributed by atoms with van der Waals surface area (Å²) in [6.45, 7) is 3.76. The lowest BCUT2D eigenvalue weighted by Crippen LogP contribution is -2.45. The third-order valence-electron chi connectivity index (χ3n) is 4.67. The van der Waals surface area contributed by atoms with Crippen molar-refractivity contribution < 1.29 is 22.6 Å². The number of hydrogen-bond acceptors (Lipinski definition) is 3. The van der Waals surface area contributed by atoms with Crippen molar-refractivity contribution in [2.45, 2.75) is 82.9 Å². The normalized spacial score (nSPS) is 37.2. The molecule has 5 atom stereocenters. The number of hydrogen-bond donors (Lipinski definition) is 1. The van der Waals surface area contributed by atoms with E-state index in [9.17, 15) is 13.2 Å². The van der Waals surface area contributed by atoms with Crippen molar-refractivity contribution in [1.29, 1.82) is 0 Å². The maximum atomic E-state index is 12.3. The third-order valence-corrected chi connectivity index (χ3v) is 4.67. The molecule has 1 saturated heterocycles. The van der Waals surface area contributed by atoms with Crippen LogP contribution in [0.4, 0.5) is 13.2 Å². The molecule has 3 nitrogen and oxygen atoms in total. The molecule has 1 aliphatic heterocycles. The predicted octanol–water partition coefficient (Wildman–Crippen LogP) is 3.67. The first kappa shape index (κ1) is 18.0. The van der Waals surface area contributed by atoms with Crippen molar-refractivity contribution >= 4 is 0 Å². The molecule has 130 valence electrons. The summed E-state index contributed by atoms with van der Waals surface area (Å²) in [5, 5.41) is 3.54. The maximum Gasteiger partial charge on any atom is 0.411 e. The highest BCUT2D eigenvalue weighted by Crippen LogP contribution is 2.29. The van der Waals surface area contributed by atoms with Gasteiger partial charge in [-0.2, -0.15) is 13.2 Å². The molecular formula is C16H28F3NO2. The molecule has 2 aliphatic rings. The summed E-state index contributed by atoms with van der Waals surface area (Å²) in [4.78, 5) is 0. The van der Waals surface area contributed by atoms with Crippen LogP contribution >= 0.6 is 0 Å². The van der Waals surface area contributed by atoms with E-state index in [0.29, 0.717) is 6.04 Å². The van der Waals surface area contributed by atoms with E-state index in [1.54, 1.807) is 0 Å². The molecule has 0 spiro atoms. The fourth-order valence-electron chi connectivity index (χ4n) is 3.72. The van der Waals surface area contributed by atoms with Gasteiger partial charge in [0.05, 0.1) is 18.3 Å². The Bertz CT molecular complexity index is 328. The quantitative estimate of drug-likeness (QED) is 0.837. The van der Waals surface area contributed by atoms with Gasteiger partial charge in [-0.25, -0.2) is 0 Å². The van der Waals surface area contributed by atoms with E-state index in [1.165, 1.54) is 0 Å². The molecule has 0 aromatic carbocycles. The largest absolute Gasteiger partial charge is 0.411 e. The molecule has 22 heavy (non-hydrogen) atoms. The first-order chi connectivity index (χ1) is 10.3. The highest BCUT2D eigenvalue weighted by Gasteiger charge is 2.33. The molecule has 2 fully saturated rings. The fraction of sp³-hybridized carbons (Fsp3) is 1.00. The van der Waals surface area contributed by atoms with Gasteiger partial charge in [-0.3, -0.25) is 0 Å². The van der Waals surface area contributed by atoms with Crippen LogP contribution in [0.15, 0.2) is 0 Å². The zero-order chi connectivity index (χ0) is 16.2. The van der Waals surface area contributed by atoms with E-state index in [1.807, 2.05) is 0 Å². The Balaban J connectivity index is 1.78. The Labute approximate surface area is 130 Å². The number of nitrogens with one attached hydrogen (secondary N) is 1. The van der Waals surface area contributed by atoms with E-state index in [4.69, 9.17) is 9.47 Å². The van der Waals surface area contributed by atoms with Crippen molar-refractivity contribution in [1.82, 2.24) is 5.32 Å². The highest BCUT2D eigenvalue weighted by atomic mass is 19.4. The molecule has 6 heteroatoms. The van der Waals surface area contributed by atoms with E-state index >= 15 is 0 Å². The summed E-state index contributed by atoms with van der Waals surface area (Å²) < 4.78 is 47.9. The SMILES string of the molecule is C[C@@H]1CC(NC[C@@H]2CCCC[C@H]2OCC(F)(F)F)C[C@H](C)O1. The van der Waals surface area contributed by atoms with Gasteiger partial charge < -0.3 is 14.8 Å². The zero-order valence-corrected chi connectivity index (χ0v) is 13.5. The summed E-state index contributed by atoms with van der Waals surface area (Å²) in [7, 11) is 0. The Kier molecular flexibility index (Phi) is 6.53. The Morgan fingerprint density at radius 2 is 1.73 bits per heavy atom. The van der Waals surface area contributed by atoms with Crippen molar-refractivity contribution in [3.63, 3.8) is 0 Å². The lowest BCUT2D eigenvalue weighted by Gasteiger charge is -2.36. The molecule has 0 radical (unpaired) electrons. The van der Waals surface area contributed by atoms with Crippen LogP contribution in [0, 0.1) is 5.92 Å². The summed E-state index contributed by atoms with van der Waals surface area (Å²) in [6.07, 6.45) is 1.64. The van der Waals surface area contributed by atoms with E-state index < -0.39 is 12.8 Å². The molecule has 1 saturated carbocycles. The van der Waals surface area contributed by atoms with E-state index in [-0.39, 0.29) is 24.2 Å². The second-order valence-corrected chi connectivity index (χ2v) is 6.84. The molecule has 1 N–H and O–H groups in total. The molecule has 0 aromatic rings. The van der Waals surface area contributed by atoms with Crippen LogP contribution in [0.5, 0.6) is 0 Å². The summed E-state index contributed by atoms with van der Waals surface area (Å²) in [6, 6.07) is 0.393. The third kappa shape index (κ3) is 6.05. The van der Waals surface area contributed by atoms with Crippen LogP contribution in [-0.4, -0.2) is 43.7 Å². The van der Waals surface area contributed by atoms with Crippen LogP contribution in [0.1, 0.15) is 52.4 Å². The molecule has 1 unspecified atom stereocenters. The van der Waals surface area contributed by atoms with Gasteiger partial charge in [0.25, 0.3) is 0 Å². The second-order valence-electron chi connectivity index (χ2n) is 6.84. The van der Waals surface area contributed by atoms with E-state index in [2.05, 4.69) is 19.2 Å². The monoisotopic (exact) mass is 323 g/mol. The van der Waals surface area contributed by atoms with Gasteiger partial charge in [-0.1, -0.05) is 12.8 Å². The van der Waals surface area contributed by atoms with Crippen molar-refractivity contribution in [3.8, 4) is 0 Å². The van der Waals surface area contributed by atoms with Crippen LogP contribution in [-0.2, 0) is 9.47 Å². The summed E-state index contributed by atoms with van der Waals surface area (Å²) in [5.41, 5.74) is 0. The Morgan fingerprint density at radius 3 is 2.36 bits per heavy atom. The lowest BCUT2D eigenvalue weighted by molar-refractivity contribution is -0.193. The molecule has 0 amide bonds. The van der Waals surface area contributed by atoms with Crippen LogP contribution in [0.25, 0.3) is 0 Å². The number of rotatable bonds is 5. The minimum absolute atomic E-state index is 0.185. The van der Waals surface area contributed by atoms with Crippen molar-refractivity contribution in [2.75, 3.05) is 13.2 Å². The lowest BCUT2D eigenvalue weighted by atomic mass is 9.86. The average molecular weight is 323 g/mol. The van der Waals surface area contributed by atoms with E-state index in [0.717, 1.165) is 45.1 Å². The highest BCUT2D eigenvalue weighted by molar-refractivity contribution is 4.83. The minimum atomic E-state index is -4.24. The number of halogens is 3. The van der Waals surface area contributed by atoms with Crippen LogP contribution in [0.2, 0.25) is 0 Å². The molecule has 2 rings (SSSR count). The van der Waals surface area contributed by atoms with Gasteiger partial charge in [-0.15, -0.1) is 0 Å². The van der Waals surface area contributed by atoms with Crippen molar-refractivity contribution in [2.24, 2.45) is 5.92 Å². The average Bonchev–Trinajstić information content (AvgIpc) is 2.42. The van der Waals surface area contributed by atoms with Gasteiger partial charge in [0.1, 0.15) is 6.61 Å². The second kappa shape index (κ2) is 7.97. The molecule has 0 bridgehead atoms. The topological polar surface area (TPSA) is 30.5 Å². The van der Waals surface area contributed by atoms with Gasteiger partial charge in [0.2, 0.25) is 0 Å². The fourth-order valence-corrected chi connectivity index (χ4v) is 3.72. The van der Waals surface area contributed by atoms with Crippen molar-refractivity contribution in [3.05, 3.63) is 0 Å². The maximum absolute atomic E-state index is 12.3. The molecule has 1 heterocycles. The predicted molar refractivity (Wildman–Crippen MR) is 78.8 cm³/mol.